The Balaban J connectivity index is 2.15. The summed E-state index contributed by atoms with van der Waals surface area (Å²) in [6.07, 6.45) is 1.74. The van der Waals surface area contributed by atoms with E-state index in [-0.39, 0.29) is 0 Å². The van der Waals surface area contributed by atoms with Gasteiger partial charge < -0.3 is 5.73 Å². The van der Waals surface area contributed by atoms with Crippen molar-refractivity contribution in [3.8, 4) is 0 Å². The van der Waals surface area contributed by atoms with Crippen LogP contribution in [0.15, 0.2) is 64.5 Å². The predicted octanol–water partition coefficient (Wildman–Crippen LogP) is 4.28. The number of benzene rings is 2. The fourth-order valence-electron chi connectivity index (χ4n) is 2.03. The average molecular weight is 266 g/mol. The van der Waals surface area contributed by atoms with Gasteiger partial charge in [-0.3, -0.25) is 4.98 Å². The van der Waals surface area contributed by atoms with Gasteiger partial charge in [-0.25, -0.2) is 0 Å². The van der Waals surface area contributed by atoms with Gasteiger partial charge in [0.15, 0.2) is 0 Å². The van der Waals surface area contributed by atoms with Crippen molar-refractivity contribution >= 4 is 28.4 Å². The highest BCUT2D eigenvalue weighted by Gasteiger charge is 2.09. The number of nitrogen functional groups attached to an aromatic ring is 1. The van der Waals surface area contributed by atoms with Gasteiger partial charge >= 0.3 is 0 Å². The molecule has 0 unspecified atom stereocenters. The summed E-state index contributed by atoms with van der Waals surface area (Å²) in [5.74, 6) is 0. The molecule has 3 heteroatoms. The van der Waals surface area contributed by atoms with E-state index in [1.54, 1.807) is 18.0 Å². The van der Waals surface area contributed by atoms with E-state index in [0.29, 0.717) is 0 Å². The van der Waals surface area contributed by atoms with Crippen molar-refractivity contribution in [1.29, 1.82) is 0 Å². The zero-order valence-electron chi connectivity index (χ0n) is 10.6. The topological polar surface area (TPSA) is 38.9 Å². The molecular weight excluding hydrogens is 252 g/mol. The monoisotopic (exact) mass is 266 g/mol. The number of fused-ring (bicyclic) bond motifs is 1. The van der Waals surface area contributed by atoms with E-state index >= 15 is 0 Å². The van der Waals surface area contributed by atoms with Gasteiger partial charge in [-0.05, 0) is 24.6 Å². The quantitative estimate of drug-likeness (QED) is 0.752. The van der Waals surface area contributed by atoms with Gasteiger partial charge in [0.05, 0.1) is 17.4 Å². The van der Waals surface area contributed by atoms with Crippen molar-refractivity contribution in [2.45, 2.75) is 16.7 Å². The lowest BCUT2D eigenvalue weighted by molar-refractivity contribution is 1.29. The van der Waals surface area contributed by atoms with Crippen LogP contribution in [0.25, 0.3) is 10.9 Å². The van der Waals surface area contributed by atoms with Gasteiger partial charge in [0.25, 0.3) is 0 Å². The Kier molecular flexibility index (Phi) is 3.13. The zero-order valence-corrected chi connectivity index (χ0v) is 11.4. The van der Waals surface area contributed by atoms with Crippen molar-refractivity contribution < 1.29 is 0 Å². The standard InChI is InChI=1S/C16H14N2S/c1-11-6-2-5-9-15(11)19-16-12-7-3-4-8-14(12)18-10-13(16)17/h2-10H,17H2,1H3. The molecule has 3 rings (SSSR count). The molecule has 3 aromatic rings. The lowest BCUT2D eigenvalue weighted by Crippen LogP contribution is -1.92. The van der Waals surface area contributed by atoms with Crippen LogP contribution in [0.3, 0.4) is 0 Å². The molecule has 2 N–H and O–H groups in total. The molecule has 19 heavy (non-hydrogen) atoms. The van der Waals surface area contributed by atoms with Crippen LogP contribution in [0.5, 0.6) is 0 Å². The molecule has 0 aliphatic heterocycles. The van der Waals surface area contributed by atoms with Gasteiger partial charge in [-0.15, -0.1) is 0 Å². The fraction of sp³-hybridized carbons (Fsp3) is 0.0625. The van der Waals surface area contributed by atoms with Crippen LogP contribution in [0, 0.1) is 6.92 Å². The number of aryl methyl sites for hydroxylation is 1. The first-order chi connectivity index (χ1) is 9.25. The van der Waals surface area contributed by atoms with Crippen LogP contribution >= 0.6 is 11.8 Å². The molecule has 0 saturated heterocycles. The number of nitrogens with zero attached hydrogens (tertiary/aromatic N) is 1. The molecule has 2 nitrogen and oxygen atoms in total. The molecule has 0 saturated carbocycles. The van der Waals surface area contributed by atoms with E-state index in [0.717, 1.165) is 21.5 Å². The summed E-state index contributed by atoms with van der Waals surface area (Å²) >= 11 is 1.71. The van der Waals surface area contributed by atoms with Gasteiger partial charge in [0.1, 0.15) is 0 Å². The summed E-state index contributed by atoms with van der Waals surface area (Å²) < 4.78 is 0. The Labute approximate surface area is 116 Å². The highest BCUT2D eigenvalue weighted by Crippen LogP contribution is 2.38. The minimum absolute atomic E-state index is 0.729. The second-order valence-corrected chi connectivity index (χ2v) is 5.48. The highest BCUT2D eigenvalue weighted by atomic mass is 32.2. The fourth-order valence-corrected chi connectivity index (χ4v) is 3.07. The minimum Gasteiger partial charge on any atom is -0.397 e. The molecule has 0 bridgehead atoms. The van der Waals surface area contributed by atoms with Crippen LogP contribution in [-0.2, 0) is 0 Å². The zero-order chi connectivity index (χ0) is 13.2. The molecular formula is C16H14N2S. The summed E-state index contributed by atoms with van der Waals surface area (Å²) in [7, 11) is 0. The number of anilines is 1. The maximum absolute atomic E-state index is 6.10. The molecule has 2 aromatic carbocycles. The minimum atomic E-state index is 0.729. The van der Waals surface area contributed by atoms with Crippen molar-refractivity contribution in [3.05, 3.63) is 60.3 Å². The third kappa shape index (κ3) is 2.29. The Morgan fingerprint density at radius 3 is 2.58 bits per heavy atom. The maximum atomic E-state index is 6.10. The first-order valence-electron chi connectivity index (χ1n) is 6.12. The van der Waals surface area contributed by atoms with E-state index in [1.165, 1.54) is 10.5 Å². The smallest absolute Gasteiger partial charge is 0.0715 e. The highest BCUT2D eigenvalue weighted by molar-refractivity contribution is 7.99. The lowest BCUT2D eigenvalue weighted by atomic mass is 10.2. The van der Waals surface area contributed by atoms with Crippen molar-refractivity contribution in [2.75, 3.05) is 5.73 Å². The second kappa shape index (κ2) is 4.94. The summed E-state index contributed by atoms with van der Waals surface area (Å²) in [6, 6.07) is 16.4. The number of para-hydroxylation sites is 1. The second-order valence-electron chi connectivity index (χ2n) is 4.43. The summed E-state index contributed by atoms with van der Waals surface area (Å²) in [4.78, 5) is 6.68. The third-order valence-corrected chi connectivity index (χ3v) is 4.40. The number of rotatable bonds is 2. The molecule has 0 aliphatic carbocycles. The molecule has 0 spiro atoms. The molecule has 0 atom stereocenters. The molecule has 94 valence electrons. The van der Waals surface area contributed by atoms with Gasteiger partial charge in [0, 0.05) is 15.2 Å². The van der Waals surface area contributed by atoms with Crippen LogP contribution in [-0.4, -0.2) is 4.98 Å². The first-order valence-corrected chi connectivity index (χ1v) is 6.94. The maximum Gasteiger partial charge on any atom is 0.0715 e. The number of hydrogen-bond acceptors (Lipinski definition) is 3. The number of pyridine rings is 1. The average Bonchev–Trinajstić information content (AvgIpc) is 2.44. The first kappa shape index (κ1) is 12.1. The lowest BCUT2D eigenvalue weighted by Gasteiger charge is -2.10. The Bertz CT molecular complexity index is 738. The molecule has 1 heterocycles. The van der Waals surface area contributed by atoms with E-state index in [1.807, 2.05) is 24.3 Å². The van der Waals surface area contributed by atoms with Gasteiger partial charge in [0.2, 0.25) is 0 Å². The van der Waals surface area contributed by atoms with E-state index < -0.39 is 0 Å². The molecule has 0 fully saturated rings. The van der Waals surface area contributed by atoms with E-state index in [9.17, 15) is 0 Å². The number of aromatic nitrogens is 1. The third-order valence-electron chi connectivity index (χ3n) is 3.06. The SMILES string of the molecule is Cc1ccccc1Sc1c(N)cnc2ccccc12. The largest absolute Gasteiger partial charge is 0.397 e. The Hall–Kier alpha value is -2.00. The van der Waals surface area contributed by atoms with Crippen LogP contribution in [0.4, 0.5) is 5.69 Å². The van der Waals surface area contributed by atoms with Crippen molar-refractivity contribution in [3.63, 3.8) is 0 Å². The normalized spacial score (nSPS) is 10.8. The molecule has 0 radical (unpaired) electrons. The van der Waals surface area contributed by atoms with E-state index in [4.69, 9.17) is 5.73 Å². The van der Waals surface area contributed by atoms with Crippen LogP contribution < -0.4 is 5.73 Å². The number of nitrogens with two attached hydrogens (primary N) is 1. The number of hydrogen-bond donors (Lipinski definition) is 1. The predicted molar refractivity (Wildman–Crippen MR) is 81.5 cm³/mol. The molecule has 0 amide bonds. The summed E-state index contributed by atoms with van der Waals surface area (Å²) in [5, 5.41) is 1.11. The van der Waals surface area contributed by atoms with Crippen molar-refractivity contribution in [1.82, 2.24) is 4.98 Å². The molecule has 0 aliphatic rings. The van der Waals surface area contributed by atoms with Gasteiger partial charge in [-0.2, -0.15) is 0 Å². The summed E-state index contributed by atoms with van der Waals surface area (Å²) in [6.45, 7) is 2.11. The van der Waals surface area contributed by atoms with Crippen molar-refractivity contribution in [2.24, 2.45) is 0 Å². The van der Waals surface area contributed by atoms with Crippen LogP contribution in [0.2, 0.25) is 0 Å². The van der Waals surface area contributed by atoms with E-state index in [2.05, 4.69) is 36.2 Å². The van der Waals surface area contributed by atoms with Gasteiger partial charge in [-0.1, -0.05) is 48.2 Å². The Morgan fingerprint density at radius 2 is 1.74 bits per heavy atom. The Morgan fingerprint density at radius 1 is 1.00 bits per heavy atom. The summed E-state index contributed by atoms with van der Waals surface area (Å²) in [5.41, 5.74) is 9.07. The van der Waals surface area contributed by atoms with Crippen LogP contribution in [0.1, 0.15) is 5.56 Å². The molecule has 1 aromatic heterocycles.